The normalized spacial score (nSPS) is 11.9. The van der Waals surface area contributed by atoms with Gasteiger partial charge < -0.3 is 0 Å². The first kappa shape index (κ1) is 8.56. The second-order valence-electron chi connectivity index (χ2n) is 2.38. The fourth-order valence-electron chi connectivity index (χ4n) is 0.473. The van der Waals surface area contributed by atoms with Gasteiger partial charge in [0.1, 0.15) is 0 Å². The Morgan fingerprint density at radius 3 is 2.44 bits per heavy atom. The monoisotopic (exact) mass is 124 g/mol. The van der Waals surface area contributed by atoms with E-state index in [0.717, 1.165) is 6.42 Å². The molecule has 0 nitrogen and oxygen atoms in total. The Bertz CT molecular complexity index is 103. The third kappa shape index (κ3) is 5.43. The van der Waals surface area contributed by atoms with Gasteiger partial charge in [0, 0.05) is 12.3 Å². The smallest absolute Gasteiger partial charge is 0.0171 e. The zero-order valence-corrected chi connectivity index (χ0v) is 6.70. The van der Waals surface area contributed by atoms with Crippen LogP contribution in [0.3, 0.4) is 0 Å². The standard InChI is InChI=1S/C9H16/c1-4-6-7-8-9(3)5-2/h9H,4-6H2,1-3H3. The molecule has 0 N–H and O–H groups in total. The number of unbranched alkanes of at least 4 members (excludes halogenated alkanes) is 1. The lowest BCUT2D eigenvalue weighted by molar-refractivity contribution is 0.722. The quantitative estimate of drug-likeness (QED) is 0.496. The summed E-state index contributed by atoms with van der Waals surface area (Å²) in [5.41, 5.74) is 0. The molecule has 0 aromatic carbocycles. The van der Waals surface area contributed by atoms with E-state index in [1.807, 2.05) is 0 Å². The molecule has 0 aliphatic rings. The minimum Gasteiger partial charge on any atom is -0.103 e. The summed E-state index contributed by atoms with van der Waals surface area (Å²) in [6.45, 7) is 6.50. The number of hydrogen-bond acceptors (Lipinski definition) is 0. The lowest BCUT2D eigenvalue weighted by atomic mass is 10.1. The maximum atomic E-state index is 3.18. The van der Waals surface area contributed by atoms with Crippen LogP contribution in [0.2, 0.25) is 0 Å². The third-order valence-corrected chi connectivity index (χ3v) is 1.34. The molecule has 0 bridgehead atoms. The molecule has 0 radical (unpaired) electrons. The molecule has 0 aliphatic heterocycles. The van der Waals surface area contributed by atoms with Gasteiger partial charge >= 0.3 is 0 Å². The van der Waals surface area contributed by atoms with Gasteiger partial charge in [-0.3, -0.25) is 0 Å². The first-order valence-corrected chi connectivity index (χ1v) is 3.79. The number of hydrogen-bond donors (Lipinski definition) is 0. The molecule has 0 fully saturated rings. The van der Waals surface area contributed by atoms with Crippen LogP contribution in [-0.4, -0.2) is 0 Å². The average molecular weight is 124 g/mol. The molecule has 0 heterocycles. The van der Waals surface area contributed by atoms with Crippen LogP contribution in [0.1, 0.15) is 40.0 Å². The predicted molar refractivity (Wildman–Crippen MR) is 42.1 cm³/mol. The van der Waals surface area contributed by atoms with E-state index < -0.39 is 0 Å². The van der Waals surface area contributed by atoms with Crippen LogP contribution < -0.4 is 0 Å². The van der Waals surface area contributed by atoms with Crippen LogP contribution >= 0.6 is 0 Å². The summed E-state index contributed by atoms with van der Waals surface area (Å²) in [5.74, 6) is 6.91. The summed E-state index contributed by atoms with van der Waals surface area (Å²) in [6, 6.07) is 0. The molecule has 0 saturated heterocycles. The first-order valence-electron chi connectivity index (χ1n) is 3.79. The van der Waals surface area contributed by atoms with Crippen LogP contribution in [0, 0.1) is 17.8 Å². The van der Waals surface area contributed by atoms with E-state index in [0.29, 0.717) is 5.92 Å². The van der Waals surface area contributed by atoms with Crippen molar-refractivity contribution in [2.45, 2.75) is 40.0 Å². The molecular weight excluding hydrogens is 108 g/mol. The maximum Gasteiger partial charge on any atom is 0.0171 e. The largest absolute Gasteiger partial charge is 0.103 e. The summed E-state index contributed by atoms with van der Waals surface area (Å²) in [5, 5.41) is 0. The van der Waals surface area contributed by atoms with E-state index in [1.54, 1.807) is 0 Å². The van der Waals surface area contributed by atoms with Crippen molar-refractivity contribution in [1.29, 1.82) is 0 Å². The maximum absolute atomic E-state index is 3.18. The van der Waals surface area contributed by atoms with E-state index >= 15 is 0 Å². The van der Waals surface area contributed by atoms with Gasteiger partial charge in [-0.25, -0.2) is 0 Å². The summed E-state index contributed by atoms with van der Waals surface area (Å²) < 4.78 is 0. The Balaban J connectivity index is 3.33. The van der Waals surface area contributed by atoms with E-state index in [4.69, 9.17) is 0 Å². The van der Waals surface area contributed by atoms with Gasteiger partial charge in [0.05, 0.1) is 0 Å². The molecule has 0 spiro atoms. The van der Waals surface area contributed by atoms with Crippen LogP contribution in [0.25, 0.3) is 0 Å². The van der Waals surface area contributed by atoms with Crippen molar-refractivity contribution in [3.8, 4) is 11.8 Å². The topological polar surface area (TPSA) is 0 Å². The highest BCUT2D eigenvalue weighted by Crippen LogP contribution is 1.96. The molecule has 0 aromatic rings. The lowest BCUT2D eigenvalue weighted by Crippen LogP contribution is -1.84. The fourth-order valence-corrected chi connectivity index (χ4v) is 0.473. The Morgan fingerprint density at radius 2 is 2.00 bits per heavy atom. The van der Waals surface area contributed by atoms with Crippen LogP contribution in [0.5, 0.6) is 0 Å². The average Bonchev–Trinajstić information content (AvgIpc) is 1.89. The Hall–Kier alpha value is -0.440. The highest BCUT2D eigenvalue weighted by atomic mass is 13.9. The molecule has 0 saturated carbocycles. The van der Waals surface area contributed by atoms with Gasteiger partial charge in [-0.2, -0.15) is 0 Å². The van der Waals surface area contributed by atoms with Crippen molar-refractivity contribution in [2.24, 2.45) is 5.92 Å². The van der Waals surface area contributed by atoms with E-state index in [9.17, 15) is 0 Å². The van der Waals surface area contributed by atoms with Crippen molar-refractivity contribution < 1.29 is 0 Å². The SMILES string of the molecule is CCCC#CC(C)CC. The molecule has 0 aromatic heterocycles. The predicted octanol–water partition coefficient (Wildman–Crippen LogP) is 2.84. The molecule has 1 atom stereocenters. The van der Waals surface area contributed by atoms with Crippen molar-refractivity contribution >= 4 is 0 Å². The van der Waals surface area contributed by atoms with Gasteiger partial charge in [-0.15, -0.1) is 11.8 Å². The first-order chi connectivity index (χ1) is 4.31. The summed E-state index contributed by atoms with van der Waals surface area (Å²) >= 11 is 0. The number of rotatable bonds is 2. The molecule has 0 heteroatoms. The second kappa shape index (κ2) is 5.69. The minimum atomic E-state index is 0.594. The van der Waals surface area contributed by atoms with Crippen molar-refractivity contribution in [1.82, 2.24) is 0 Å². The zero-order chi connectivity index (χ0) is 7.11. The van der Waals surface area contributed by atoms with Crippen molar-refractivity contribution in [2.75, 3.05) is 0 Å². The molecule has 1 unspecified atom stereocenters. The van der Waals surface area contributed by atoms with Gasteiger partial charge in [-0.05, 0) is 12.8 Å². The van der Waals surface area contributed by atoms with Crippen LogP contribution in [0.15, 0.2) is 0 Å². The molecular formula is C9H16. The van der Waals surface area contributed by atoms with E-state index in [2.05, 4.69) is 32.6 Å². The zero-order valence-electron chi connectivity index (χ0n) is 6.70. The molecule has 0 amide bonds. The molecule has 0 aliphatic carbocycles. The van der Waals surface area contributed by atoms with E-state index in [-0.39, 0.29) is 0 Å². The van der Waals surface area contributed by atoms with Gasteiger partial charge in [-0.1, -0.05) is 20.8 Å². The highest BCUT2D eigenvalue weighted by Gasteiger charge is 1.87. The third-order valence-electron chi connectivity index (χ3n) is 1.34. The van der Waals surface area contributed by atoms with E-state index in [1.165, 1.54) is 12.8 Å². The van der Waals surface area contributed by atoms with Crippen LogP contribution in [0.4, 0.5) is 0 Å². The summed E-state index contributed by atoms with van der Waals surface area (Å²) in [4.78, 5) is 0. The minimum absolute atomic E-state index is 0.594. The highest BCUT2D eigenvalue weighted by molar-refractivity contribution is 5.01. The van der Waals surface area contributed by atoms with Crippen LogP contribution in [-0.2, 0) is 0 Å². The molecule has 0 rings (SSSR count). The van der Waals surface area contributed by atoms with Gasteiger partial charge in [0.15, 0.2) is 0 Å². The molecule has 9 heavy (non-hydrogen) atoms. The lowest BCUT2D eigenvalue weighted by Gasteiger charge is -1.93. The fraction of sp³-hybridized carbons (Fsp3) is 0.778. The summed E-state index contributed by atoms with van der Waals surface area (Å²) in [7, 11) is 0. The second-order valence-corrected chi connectivity index (χ2v) is 2.38. The summed E-state index contributed by atoms with van der Waals surface area (Å²) in [6.07, 6.45) is 3.42. The Morgan fingerprint density at radius 1 is 1.33 bits per heavy atom. The van der Waals surface area contributed by atoms with Gasteiger partial charge in [0.2, 0.25) is 0 Å². The van der Waals surface area contributed by atoms with Crippen molar-refractivity contribution in [3.05, 3.63) is 0 Å². The van der Waals surface area contributed by atoms with Crippen molar-refractivity contribution in [3.63, 3.8) is 0 Å². The van der Waals surface area contributed by atoms with Gasteiger partial charge in [0.25, 0.3) is 0 Å². The molecule has 52 valence electrons. The Kier molecular flexibility index (Phi) is 5.41. The Labute approximate surface area is 58.7 Å².